The SMILES string of the molecule is COc1ccc(S(=O)(=O)NCc2ccc(Oc3cccc(F)c3)nc2)cc1Cl. The third-order valence-corrected chi connectivity index (χ3v) is 5.41. The molecule has 0 spiro atoms. The van der Waals surface area contributed by atoms with E-state index < -0.39 is 15.8 Å². The number of aromatic nitrogens is 1. The van der Waals surface area contributed by atoms with Crippen LogP contribution in [0.25, 0.3) is 0 Å². The second-order valence-corrected chi connectivity index (χ2v) is 7.86. The number of nitrogens with zero attached hydrogens (tertiary/aromatic N) is 1. The second kappa shape index (κ2) is 8.55. The average molecular weight is 423 g/mol. The predicted molar refractivity (Wildman–Crippen MR) is 103 cm³/mol. The first kappa shape index (κ1) is 20.1. The molecule has 28 heavy (non-hydrogen) atoms. The summed E-state index contributed by atoms with van der Waals surface area (Å²) in [6.45, 7) is 0.0270. The zero-order chi connectivity index (χ0) is 20.1. The minimum atomic E-state index is -3.76. The summed E-state index contributed by atoms with van der Waals surface area (Å²) in [6, 6.07) is 13.1. The molecule has 0 amide bonds. The molecular weight excluding hydrogens is 407 g/mol. The van der Waals surface area contributed by atoms with Gasteiger partial charge in [0.05, 0.1) is 17.0 Å². The fourth-order valence-electron chi connectivity index (χ4n) is 2.30. The van der Waals surface area contributed by atoms with Crippen molar-refractivity contribution in [3.05, 3.63) is 77.2 Å². The summed E-state index contributed by atoms with van der Waals surface area (Å²) in [4.78, 5) is 4.12. The van der Waals surface area contributed by atoms with Gasteiger partial charge in [-0.25, -0.2) is 22.5 Å². The van der Waals surface area contributed by atoms with Gasteiger partial charge in [0.1, 0.15) is 17.3 Å². The summed E-state index contributed by atoms with van der Waals surface area (Å²) in [7, 11) is -2.31. The van der Waals surface area contributed by atoms with E-state index in [2.05, 4.69) is 9.71 Å². The highest BCUT2D eigenvalue weighted by atomic mass is 35.5. The van der Waals surface area contributed by atoms with E-state index in [0.717, 1.165) is 0 Å². The maximum absolute atomic E-state index is 13.2. The number of rotatable bonds is 7. The van der Waals surface area contributed by atoms with Gasteiger partial charge < -0.3 is 9.47 Å². The van der Waals surface area contributed by atoms with Crippen LogP contribution in [0.3, 0.4) is 0 Å². The van der Waals surface area contributed by atoms with Gasteiger partial charge >= 0.3 is 0 Å². The number of halogens is 2. The molecule has 0 radical (unpaired) electrons. The molecule has 9 heteroatoms. The summed E-state index contributed by atoms with van der Waals surface area (Å²) >= 11 is 5.98. The lowest BCUT2D eigenvalue weighted by Crippen LogP contribution is -2.23. The molecule has 0 aliphatic rings. The Bertz CT molecular complexity index is 1080. The molecule has 0 saturated heterocycles. The van der Waals surface area contributed by atoms with Gasteiger partial charge in [-0.1, -0.05) is 23.7 Å². The van der Waals surface area contributed by atoms with Crippen molar-refractivity contribution < 1.29 is 22.3 Å². The van der Waals surface area contributed by atoms with Gasteiger partial charge in [-0.05, 0) is 35.9 Å². The largest absolute Gasteiger partial charge is 0.495 e. The fourth-order valence-corrected chi connectivity index (χ4v) is 3.67. The van der Waals surface area contributed by atoms with E-state index in [9.17, 15) is 12.8 Å². The molecule has 0 fully saturated rings. The topological polar surface area (TPSA) is 77.5 Å². The molecule has 0 atom stereocenters. The van der Waals surface area contributed by atoms with Crippen molar-refractivity contribution in [1.29, 1.82) is 0 Å². The monoisotopic (exact) mass is 422 g/mol. The highest BCUT2D eigenvalue weighted by molar-refractivity contribution is 7.89. The fraction of sp³-hybridized carbons (Fsp3) is 0.105. The Labute approximate surface area is 167 Å². The molecule has 0 saturated carbocycles. The maximum Gasteiger partial charge on any atom is 0.240 e. The lowest BCUT2D eigenvalue weighted by Gasteiger charge is -2.09. The Hall–Kier alpha value is -2.68. The van der Waals surface area contributed by atoms with Crippen LogP contribution >= 0.6 is 11.6 Å². The number of benzene rings is 2. The number of hydrogen-bond donors (Lipinski definition) is 1. The van der Waals surface area contributed by atoms with Crippen molar-refractivity contribution in [2.24, 2.45) is 0 Å². The minimum Gasteiger partial charge on any atom is -0.495 e. The number of methoxy groups -OCH3 is 1. The maximum atomic E-state index is 13.2. The van der Waals surface area contributed by atoms with E-state index in [1.165, 1.54) is 49.7 Å². The van der Waals surface area contributed by atoms with E-state index in [1.807, 2.05) is 0 Å². The van der Waals surface area contributed by atoms with Gasteiger partial charge in [0, 0.05) is 24.9 Å². The summed E-state index contributed by atoms with van der Waals surface area (Å²) in [5.41, 5.74) is 0.620. The van der Waals surface area contributed by atoms with Crippen molar-refractivity contribution in [2.45, 2.75) is 11.4 Å². The van der Waals surface area contributed by atoms with Crippen LogP contribution < -0.4 is 14.2 Å². The van der Waals surface area contributed by atoms with Crippen molar-refractivity contribution in [1.82, 2.24) is 9.71 Å². The third-order valence-electron chi connectivity index (χ3n) is 3.72. The molecular formula is C19H16ClFN2O4S. The molecule has 1 N–H and O–H groups in total. The Morgan fingerprint density at radius 1 is 1.14 bits per heavy atom. The molecule has 0 aliphatic carbocycles. The van der Waals surface area contributed by atoms with Gasteiger partial charge in [-0.3, -0.25) is 0 Å². The first-order chi connectivity index (χ1) is 13.4. The molecule has 0 unspecified atom stereocenters. The Kier molecular flexibility index (Phi) is 6.13. The molecule has 2 aromatic carbocycles. The van der Waals surface area contributed by atoms with Crippen molar-refractivity contribution in [3.8, 4) is 17.4 Å². The lowest BCUT2D eigenvalue weighted by atomic mass is 10.3. The molecule has 1 aromatic heterocycles. The predicted octanol–water partition coefficient (Wildman–Crippen LogP) is 4.15. The zero-order valence-electron chi connectivity index (χ0n) is 14.7. The standard InChI is InChI=1S/C19H16ClFN2O4S/c1-26-18-7-6-16(10-17(18)20)28(24,25)23-12-13-5-8-19(22-11-13)27-15-4-2-3-14(21)9-15/h2-11,23H,12H2,1H3. The molecule has 3 aromatic rings. The first-order valence-corrected chi connectivity index (χ1v) is 9.95. The van der Waals surface area contributed by atoms with Gasteiger partial charge in [-0.2, -0.15) is 0 Å². The highest BCUT2D eigenvalue weighted by Gasteiger charge is 2.16. The average Bonchev–Trinajstić information content (AvgIpc) is 2.67. The van der Waals surface area contributed by atoms with Crippen LogP contribution in [0.4, 0.5) is 4.39 Å². The summed E-state index contributed by atoms with van der Waals surface area (Å²) < 4.78 is 50.9. The number of pyridine rings is 1. The second-order valence-electron chi connectivity index (χ2n) is 5.69. The Balaban J connectivity index is 1.64. The molecule has 0 bridgehead atoms. The molecule has 1 heterocycles. The molecule has 3 rings (SSSR count). The number of sulfonamides is 1. The van der Waals surface area contributed by atoms with Crippen LogP contribution in [0, 0.1) is 5.82 Å². The Morgan fingerprint density at radius 2 is 1.96 bits per heavy atom. The smallest absolute Gasteiger partial charge is 0.240 e. The minimum absolute atomic E-state index is 0.0253. The van der Waals surface area contributed by atoms with Gasteiger partial charge in [0.15, 0.2) is 0 Å². The van der Waals surface area contributed by atoms with Gasteiger partial charge in [0.2, 0.25) is 15.9 Å². The van der Waals surface area contributed by atoms with Crippen LogP contribution in [0.5, 0.6) is 17.4 Å². The number of nitrogens with one attached hydrogen (secondary N) is 1. The number of hydrogen-bond acceptors (Lipinski definition) is 5. The van der Waals surface area contributed by atoms with Crippen LogP contribution in [0.2, 0.25) is 5.02 Å². The normalized spacial score (nSPS) is 11.2. The van der Waals surface area contributed by atoms with Crippen LogP contribution in [0.1, 0.15) is 5.56 Å². The molecule has 6 nitrogen and oxygen atoms in total. The van der Waals surface area contributed by atoms with E-state index in [4.69, 9.17) is 21.1 Å². The highest BCUT2D eigenvalue weighted by Crippen LogP contribution is 2.27. The van der Waals surface area contributed by atoms with Crippen LogP contribution in [0.15, 0.2) is 65.7 Å². The van der Waals surface area contributed by atoms with E-state index in [1.54, 1.807) is 18.2 Å². The quantitative estimate of drug-likeness (QED) is 0.618. The molecule has 146 valence electrons. The lowest BCUT2D eigenvalue weighted by molar-refractivity contribution is 0.414. The molecule has 0 aliphatic heterocycles. The van der Waals surface area contributed by atoms with Crippen LogP contribution in [-0.4, -0.2) is 20.5 Å². The van der Waals surface area contributed by atoms with E-state index in [0.29, 0.717) is 17.1 Å². The van der Waals surface area contributed by atoms with E-state index >= 15 is 0 Å². The summed E-state index contributed by atoms with van der Waals surface area (Å²) in [6.07, 6.45) is 1.47. The van der Waals surface area contributed by atoms with Gasteiger partial charge in [-0.15, -0.1) is 0 Å². The van der Waals surface area contributed by atoms with Crippen molar-refractivity contribution >= 4 is 21.6 Å². The first-order valence-electron chi connectivity index (χ1n) is 8.09. The van der Waals surface area contributed by atoms with Gasteiger partial charge in [0.25, 0.3) is 0 Å². The summed E-state index contributed by atoms with van der Waals surface area (Å²) in [5, 5.41) is 0.200. The third kappa shape index (κ3) is 4.98. The van der Waals surface area contributed by atoms with Crippen LogP contribution in [-0.2, 0) is 16.6 Å². The Morgan fingerprint density at radius 3 is 2.61 bits per heavy atom. The van der Waals surface area contributed by atoms with E-state index in [-0.39, 0.29) is 22.3 Å². The van der Waals surface area contributed by atoms with Crippen molar-refractivity contribution in [2.75, 3.05) is 7.11 Å². The number of ether oxygens (including phenoxy) is 2. The van der Waals surface area contributed by atoms with Crippen molar-refractivity contribution in [3.63, 3.8) is 0 Å². The summed E-state index contributed by atoms with van der Waals surface area (Å²) in [5.74, 6) is 0.553. The zero-order valence-corrected chi connectivity index (χ0v) is 16.3.